The average Bonchev–Trinajstić information content (AvgIpc) is 3.20. The summed E-state index contributed by atoms with van der Waals surface area (Å²) in [6.45, 7) is 6.99. The highest BCUT2D eigenvalue weighted by Gasteiger charge is 2.28. The molecular formula is C16H34N2. The Bertz CT molecular complexity index is 190. The van der Waals surface area contributed by atoms with E-state index >= 15 is 0 Å². The van der Waals surface area contributed by atoms with Gasteiger partial charge in [0.15, 0.2) is 0 Å². The molecule has 1 aliphatic rings. The quantitative estimate of drug-likeness (QED) is 0.533. The standard InChI is InChI=1S/C16H34N2/c1-4-5-6-7-8-9-10-13-17-14-15(2)18(3)16-11-12-16/h15-17H,4-14H2,1-3H3. The van der Waals surface area contributed by atoms with Gasteiger partial charge in [-0.25, -0.2) is 0 Å². The van der Waals surface area contributed by atoms with Gasteiger partial charge in [-0.05, 0) is 39.8 Å². The van der Waals surface area contributed by atoms with Crippen LogP contribution in [0.5, 0.6) is 0 Å². The van der Waals surface area contributed by atoms with Crippen LogP contribution >= 0.6 is 0 Å². The molecule has 0 heterocycles. The van der Waals surface area contributed by atoms with Crippen molar-refractivity contribution in [3.8, 4) is 0 Å². The molecule has 0 radical (unpaired) electrons. The van der Waals surface area contributed by atoms with E-state index < -0.39 is 0 Å². The van der Waals surface area contributed by atoms with Crippen molar-refractivity contribution < 1.29 is 0 Å². The monoisotopic (exact) mass is 254 g/mol. The molecule has 2 heteroatoms. The van der Waals surface area contributed by atoms with Crippen LogP contribution in [0.25, 0.3) is 0 Å². The summed E-state index contributed by atoms with van der Waals surface area (Å²) in [7, 11) is 2.28. The van der Waals surface area contributed by atoms with Gasteiger partial charge in [-0.15, -0.1) is 0 Å². The van der Waals surface area contributed by atoms with Crippen molar-refractivity contribution >= 4 is 0 Å². The van der Waals surface area contributed by atoms with Crippen LogP contribution in [0.3, 0.4) is 0 Å². The van der Waals surface area contributed by atoms with Gasteiger partial charge in [-0.2, -0.15) is 0 Å². The minimum atomic E-state index is 0.696. The Morgan fingerprint density at radius 2 is 1.67 bits per heavy atom. The lowest BCUT2D eigenvalue weighted by molar-refractivity contribution is 0.241. The fourth-order valence-electron chi connectivity index (χ4n) is 2.50. The van der Waals surface area contributed by atoms with Gasteiger partial charge in [0.05, 0.1) is 0 Å². The Morgan fingerprint density at radius 1 is 1.06 bits per heavy atom. The summed E-state index contributed by atoms with van der Waals surface area (Å²) in [6, 6.07) is 1.59. The molecule has 1 unspecified atom stereocenters. The Morgan fingerprint density at radius 3 is 2.28 bits per heavy atom. The molecule has 0 amide bonds. The van der Waals surface area contributed by atoms with Crippen LogP contribution in [0.4, 0.5) is 0 Å². The first-order chi connectivity index (χ1) is 8.75. The zero-order chi connectivity index (χ0) is 13.2. The minimum absolute atomic E-state index is 0.696. The fraction of sp³-hybridized carbons (Fsp3) is 1.00. The number of hydrogen-bond donors (Lipinski definition) is 1. The number of nitrogens with zero attached hydrogens (tertiary/aromatic N) is 1. The van der Waals surface area contributed by atoms with Crippen molar-refractivity contribution in [2.45, 2.75) is 83.7 Å². The molecular weight excluding hydrogens is 220 g/mol. The molecule has 2 nitrogen and oxygen atoms in total. The lowest BCUT2D eigenvalue weighted by atomic mass is 10.1. The Labute approximate surface area is 115 Å². The van der Waals surface area contributed by atoms with Crippen molar-refractivity contribution in [1.29, 1.82) is 0 Å². The van der Waals surface area contributed by atoms with E-state index in [4.69, 9.17) is 0 Å². The third kappa shape index (κ3) is 7.38. The molecule has 1 saturated carbocycles. The normalized spacial score (nSPS) is 17.3. The molecule has 0 aromatic carbocycles. The SMILES string of the molecule is CCCCCCCCCNCC(C)N(C)C1CC1. The molecule has 1 N–H and O–H groups in total. The summed E-state index contributed by atoms with van der Waals surface area (Å²) in [5.74, 6) is 0. The molecule has 108 valence electrons. The number of hydrogen-bond acceptors (Lipinski definition) is 2. The maximum absolute atomic E-state index is 3.61. The summed E-state index contributed by atoms with van der Waals surface area (Å²) in [5.41, 5.74) is 0. The number of rotatable bonds is 12. The highest BCUT2D eigenvalue weighted by molar-refractivity contribution is 4.85. The molecule has 1 atom stereocenters. The summed E-state index contributed by atoms with van der Waals surface area (Å²) in [4.78, 5) is 2.54. The average molecular weight is 254 g/mol. The summed E-state index contributed by atoms with van der Waals surface area (Å²) in [6.07, 6.45) is 12.7. The lowest BCUT2D eigenvalue weighted by Crippen LogP contribution is -2.39. The predicted molar refractivity (Wildman–Crippen MR) is 81.1 cm³/mol. The zero-order valence-corrected chi connectivity index (χ0v) is 12.9. The number of unbranched alkanes of at least 4 members (excludes halogenated alkanes) is 6. The van der Waals surface area contributed by atoms with E-state index in [0.29, 0.717) is 6.04 Å². The molecule has 1 rings (SSSR count). The topological polar surface area (TPSA) is 15.3 Å². The first-order valence-electron chi connectivity index (χ1n) is 8.18. The number of likely N-dealkylation sites (N-methyl/N-ethyl adjacent to an activating group) is 1. The molecule has 0 aromatic rings. The Balaban J connectivity index is 1.80. The zero-order valence-electron chi connectivity index (χ0n) is 12.9. The second-order valence-electron chi connectivity index (χ2n) is 6.07. The van der Waals surface area contributed by atoms with Gasteiger partial charge < -0.3 is 5.32 Å². The maximum Gasteiger partial charge on any atom is 0.0192 e. The first-order valence-corrected chi connectivity index (χ1v) is 8.18. The first kappa shape index (κ1) is 16.0. The van der Waals surface area contributed by atoms with Crippen LogP contribution in [0.1, 0.15) is 71.6 Å². The molecule has 1 aliphatic carbocycles. The van der Waals surface area contributed by atoms with E-state index in [1.807, 2.05) is 0 Å². The molecule has 18 heavy (non-hydrogen) atoms. The fourth-order valence-corrected chi connectivity index (χ4v) is 2.50. The largest absolute Gasteiger partial charge is 0.315 e. The Hall–Kier alpha value is -0.0800. The second-order valence-corrected chi connectivity index (χ2v) is 6.07. The molecule has 0 bridgehead atoms. The van der Waals surface area contributed by atoms with Crippen LogP contribution in [0, 0.1) is 0 Å². The summed E-state index contributed by atoms with van der Waals surface area (Å²) >= 11 is 0. The molecule has 0 spiro atoms. The van der Waals surface area contributed by atoms with Crippen molar-refractivity contribution in [2.75, 3.05) is 20.1 Å². The summed E-state index contributed by atoms with van der Waals surface area (Å²) in [5, 5.41) is 3.61. The van der Waals surface area contributed by atoms with Crippen LogP contribution in [-0.2, 0) is 0 Å². The second kappa shape index (κ2) is 9.80. The van der Waals surface area contributed by atoms with Gasteiger partial charge in [0.1, 0.15) is 0 Å². The smallest absolute Gasteiger partial charge is 0.0192 e. The molecule has 0 saturated heterocycles. The van der Waals surface area contributed by atoms with Gasteiger partial charge in [-0.3, -0.25) is 4.90 Å². The third-order valence-corrected chi connectivity index (χ3v) is 4.21. The van der Waals surface area contributed by atoms with Crippen LogP contribution in [0.2, 0.25) is 0 Å². The Kier molecular flexibility index (Phi) is 8.70. The van der Waals surface area contributed by atoms with Crippen molar-refractivity contribution in [1.82, 2.24) is 10.2 Å². The van der Waals surface area contributed by atoms with Gasteiger partial charge in [0, 0.05) is 18.6 Å². The van der Waals surface area contributed by atoms with Crippen molar-refractivity contribution in [2.24, 2.45) is 0 Å². The highest BCUT2D eigenvalue weighted by atomic mass is 15.2. The predicted octanol–water partition coefficient (Wildman–Crippen LogP) is 3.81. The van der Waals surface area contributed by atoms with E-state index in [1.165, 1.54) is 64.3 Å². The summed E-state index contributed by atoms with van der Waals surface area (Å²) < 4.78 is 0. The molecule has 0 aromatic heterocycles. The lowest BCUT2D eigenvalue weighted by Gasteiger charge is -2.24. The van der Waals surface area contributed by atoms with E-state index in [1.54, 1.807) is 0 Å². The van der Waals surface area contributed by atoms with Crippen molar-refractivity contribution in [3.05, 3.63) is 0 Å². The highest BCUT2D eigenvalue weighted by Crippen LogP contribution is 2.26. The van der Waals surface area contributed by atoms with Crippen LogP contribution in [0.15, 0.2) is 0 Å². The third-order valence-electron chi connectivity index (χ3n) is 4.21. The molecule has 1 fully saturated rings. The van der Waals surface area contributed by atoms with Gasteiger partial charge >= 0.3 is 0 Å². The van der Waals surface area contributed by atoms with Gasteiger partial charge in [0.25, 0.3) is 0 Å². The van der Waals surface area contributed by atoms with Crippen LogP contribution in [-0.4, -0.2) is 37.1 Å². The minimum Gasteiger partial charge on any atom is -0.315 e. The number of nitrogens with one attached hydrogen (secondary N) is 1. The van der Waals surface area contributed by atoms with E-state index in [2.05, 4.69) is 31.1 Å². The van der Waals surface area contributed by atoms with Gasteiger partial charge in [-0.1, -0.05) is 45.4 Å². The van der Waals surface area contributed by atoms with Crippen molar-refractivity contribution in [3.63, 3.8) is 0 Å². The maximum atomic E-state index is 3.61. The van der Waals surface area contributed by atoms with Gasteiger partial charge in [0.2, 0.25) is 0 Å². The molecule has 0 aliphatic heterocycles. The van der Waals surface area contributed by atoms with E-state index in [0.717, 1.165) is 12.6 Å². The van der Waals surface area contributed by atoms with Crippen LogP contribution < -0.4 is 5.32 Å². The van der Waals surface area contributed by atoms with E-state index in [9.17, 15) is 0 Å². The van der Waals surface area contributed by atoms with E-state index in [-0.39, 0.29) is 0 Å².